The molecule has 164 valence electrons. The van der Waals surface area contributed by atoms with Gasteiger partial charge in [0.1, 0.15) is 5.15 Å². The van der Waals surface area contributed by atoms with E-state index in [0.29, 0.717) is 17.8 Å². The van der Waals surface area contributed by atoms with Crippen LogP contribution in [0.5, 0.6) is 0 Å². The molecule has 4 nitrogen and oxygen atoms in total. The summed E-state index contributed by atoms with van der Waals surface area (Å²) < 4.78 is 40.7. The highest BCUT2D eigenvalue weighted by molar-refractivity contribution is 6.33. The number of benzene rings is 2. The van der Waals surface area contributed by atoms with Crippen molar-refractivity contribution in [1.29, 1.82) is 0 Å². The Morgan fingerprint density at radius 1 is 1.06 bits per heavy atom. The average Bonchev–Trinajstić information content (AvgIpc) is 2.99. The van der Waals surface area contributed by atoms with Crippen LogP contribution >= 0.6 is 11.6 Å². The van der Waals surface area contributed by atoms with E-state index in [9.17, 15) is 18.0 Å². The van der Waals surface area contributed by atoms with Crippen molar-refractivity contribution in [1.82, 2.24) is 15.1 Å². The lowest BCUT2D eigenvalue weighted by Gasteiger charge is -2.26. The Hall–Kier alpha value is -2.80. The fourth-order valence-corrected chi connectivity index (χ4v) is 3.60. The summed E-state index contributed by atoms with van der Waals surface area (Å²) in [6.45, 7) is 5.79. The zero-order valence-electron chi connectivity index (χ0n) is 17.4. The maximum Gasteiger partial charge on any atom is 0.416 e. The Labute approximate surface area is 184 Å². The summed E-state index contributed by atoms with van der Waals surface area (Å²) in [5.74, 6) is -0.415. The van der Waals surface area contributed by atoms with E-state index in [0.717, 1.165) is 17.7 Å². The zero-order chi connectivity index (χ0) is 22.8. The van der Waals surface area contributed by atoms with Crippen LogP contribution in [0.25, 0.3) is 0 Å². The lowest BCUT2D eigenvalue weighted by Crippen LogP contribution is -2.37. The van der Waals surface area contributed by atoms with Gasteiger partial charge in [-0.15, -0.1) is 0 Å². The van der Waals surface area contributed by atoms with Crippen LogP contribution in [0, 0.1) is 6.92 Å². The second-order valence-electron chi connectivity index (χ2n) is 8.04. The molecule has 3 aromatic rings. The number of alkyl halides is 3. The van der Waals surface area contributed by atoms with Gasteiger partial charge >= 0.3 is 6.18 Å². The number of aromatic nitrogens is 2. The molecule has 2 aromatic carbocycles. The number of carbonyl (C=O) groups excluding carboxylic acids is 1. The maximum atomic E-state index is 13.0. The first-order valence-electron chi connectivity index (χ1n) is 9.72. The van der Waals surface area contributed by atoms with Gasteiger partial charge in [-0.3, -0.25) is 4.79 Å². The number of rotatable bonds is 6. The van der Waals surface area contributed by atoms with Crippen LogP contribution in [0.15, 0.2) is 54.6 Å². The first-order valence-corrected chi connectivity index (χ1v) is 10.1. The third kappa shape index (κ3) is 5.28. The summed E-state index contributed by atoms with van der Waals surface area (Å²) in [6.07, 6.45) is -4.42. The summed E-state index contributed by atoms with van der Waals surface area (Å²) in [7, 11) is 0. The molecule has 0 atom stereocenters. The third-order valence-corrected chi connectivity index (χ3v) is 5.51. The molecule has 0 bridgehead atoms. The van der Waals surface area contributed by atoms with Crippen LogP contribution < -0.4 is 5.32 Å². The molecule has 1 heterocycles. The molecule has 3 rings (SSSR count). The zero-order valence-corrected chi connectivity index (χ0v) is 18.2. The summed E-state index contributed by atoms with van der Waals surface area (Å²) in [5.41, 5.74) is 0.769. The summed E-state index contributed by atoms with van der Waals surface area (Å²) in [4.78, 5) is 12.8. The molecule has 1 N–H and O–H groups in total. The standard InChI is InChI=1S/C23H23ClF3N3O/c1-15-19(20(24)30(29-15)13-16-8-5-4-6-9-16)21(31)28-14-22(2,3)17-10-7-11-18(12-17)23(25,26)27/h4-12H,13-14H2,1-3H3,(H,28,31). The van der Waals surface area contributed by atoms with Crippen LogP contribution in [0.4, 0.5) is 13.2 Å². The molecule has 1 aromatic heterocycles. The van der Waals surface area contributed by atoms with E-state index in [4.69, 9.17) is 11.6 Å². The van der Waals surface area contributed by atoms with E-state index in [2.05, 4.69) is 10.4 Å². The number of nitrogens with zero attached hydrogens (tertiary/aromatic N) is 2. The molecule has 0 saturated heterocycles. The Kier molecular flexibility index (Phi) is 6.46. The summed E-state index contributed by atoms with van der Waals surface area (Å²) in [6, 6.07) is 14.7. The van der Waals surface area contributed by atoms with E-state index >= 15 is 0 Å². The first-order chi connectivity index (χ1) is 14.5. The van der Waals surface area contributed by atoms with Crippen LogP contribution in [0.3, 0.4) is 0 Å². The largest absolute Gasteiger partial charge is 0.416 e. The van der Waals surface area contributed by atoms with E-state index in [1.807, 2.05) is 30.3 Å². The molecule has 0 saturated carbocycles. The lowest BCUT2D eigenvalue weighted by molar-refractivity contribution is -0.137. The molecular weight excluding hydrogens is 427 g/mol. The molecule has 0 radical (unpaired) electrons. The van der Waals surface area contributed by atoms with Crippen LogP contribution in [-0.4, -0.2) is 22.2 Å². The van der Waals surface area contributed by atoms with E-state index in [-0.39, 0.29) is 17.3 Å². The highest BCUT2D eigenvalue weighted by atomic mass is 35.5. The van der Waals surface area contributed by atoms with Gasteiger partial charge in [0.25, 0.3) is 5.91 Å². The molecule has 0 fully saturated rings. The minimum atomic E-state index is -4.42. The fourth-order valence-electron chi connectivity index (χ4n) is 3.28. The minimum Gasteiger partial charge on any atom is -0.351 e. The van der Waals surface area contributed by atoms with Gasteiger partial charge in [0.15, 0.2) is 0 Å². The molecule has 0 aliphatic heterocycles. The SMILES string of the molecule is Cc1nn(Cc2ccccc2)c(Cl)c1C(=O)NCC(C)(C)c1cccc(C(F)(F)F)c1. The van der Waals surface area contributed by atoms with Crippen molar-refractivity contribution < 1.29 is 18.0 Å². The Bertz CT molecular complexity index is 1080. The monoisotopic (exact) mass is 449 g/mol. The molecule has 0 aliphatic rings. The fraction of sp³-hybridized carbons (Fsp3) is 0.304. The van der Waals surface area contributed by atoms with Crippen molar-refractivity contribution in [2.75, 3.05) is 6.54 Å². The maximum absolute atomic E-state index is 13.0. The van der Waals surface area contributed by atoms with Gasteiger partial charge in [-0.1, -0.05) is 74.0 Å². The quantitative estimate of drug-likeness (QED) is 0.531. The summed E-state index contributed by atoms with van der Waals surface area (Å²) in [5, 5.41) is 7.38. The molecule has 8 heteroatoms. The van der Waals surface area contributed by atoms with Crippen LogP contribution in [0.1, 0.15) is 46.6 Å². The predicted molar refractivity (Wildman–Crippen MR) is 114 cm³/mol. The number of carbonyl (C=O) groups is 1. The Morgan fingerprint density at radius 3 is 2.35 bits per heavy atom. The van der Waals surface area contributed by atoms with E-state index < -0.39 is 23.1 Å². The Morgan fingerprint density at radius 2 is 1.71 bits per heavy atom. The number of nitrogens with one attached hydrogen (secondary N) is 1. The smallest absolute Gasteiger partial charge is 0.351 e. The highest BCUT2D eigenvalue weighted by Crippen LogP contribution is 2.32. The van der Waals surface area contributed by atoms with Crippen molar-refractivity contribution in [3.63, 3.8) is 0 Å². The van der Waals surface area contributed by atoms with Crippen LogP contribution in [-0.2, 0) is 18.1 Å². The van der Waals surface area contributed by atoms with Gasteiger partial charge in [0.2, 0.25) is 0 Å². The third-order valence-electron chi connectivity index (χ3n) is 5.13. The predicted octanol–water partition coefficient (Wildman–Crippen LogP) is 5.62. The molecule has 1 amide bonds. The lowest BCUT2D eigenvalue weighted by atomic mass is 9.83. The van der Waals surface area contributed by atoms with Crippen molar-refractivity contribution >= 4 is 17.5 Å². The van der Waals surface area contributed by atoms with Gasteiger partial charge in [-0.25, -0.2) is 4.68 Å². The molecule has 31 heavy (non-hydrogen) atoms. The van der Waals surface area contributed by atoms with Crippen molar-refractivity contribution in [2.45, 2.75) is 38.9 Å². The summed E-state index contributed by atoms with van der Waals surface area (Å²) >= 11 is 6.43. The topological polar surface area (TPSA) is 46.9 Å². The van der Waals surface area contributed by atoms with Crippen molar-refractivity contribution in [3.05, 3.63) is 87.7 Å². The number of aryl methyl sites for hydroxylation is 1. The average molecular weight is 450 g/mol. The Balaban J connectivity index is 1.75. The number of hydrogen-bond donors (Lipinski definition) is 1. The van der Waals surface area contributed by atoms with E-state index in [1.165, 1.54) is 6.07 Å². The molecule has 0 aliphatic carbocycles. The van der Waals surface area contributed by atoms with Crippen LogP contribution in [0.2, 0.25) is 5.15 Å². The number of hydrogen-bond acceptors (Lipinski definition) is 2. The van der Waals surface area contributed by atoms with Crippen molar-refractivity contribution in [3.8, 4) is 0 Å². The first kappa shape index (κ1) is 22.9. The van der Waals surface area contributed by atoms with E-state index in [1.54, 1.807) is 31.5 Å². The van der Waals surface area contributed by atoms with Gasteiger partial charge in [-0.2, -0.15) is 18.3 Å². The molecule has 0 spiro atoms. The highest BCUT2D eigenvalue weighted by Gasteiger charge is 2.32. The number of amides is 1. The van der Waals surface area contributed by atoms with Gasteiger partial charge < -0.3 is 5.32 Å². The second kappa shape index (κ2) is 8.75. The normalized spacial score (nSPS) is 12.1. The number of halogens is 4. The second-order valence-corrected chi connectivity index (χ2v) is 8.40. The van der Waals surface area contributed by atoms with Gasteiger partial charge in [-0.05, 0) is 24.1 Å². The molecule has 0 unspecified atom stereocenters. The minimum absolute atomic E-state index is 0.132. The van der Waals surface area contributed by atoms with Gasteiger partial charge in [0, 0.05) is 12.0 Å². The van der Waals surface area contributed by atoms with Gasteiger partial charge in [0.05, 0.1) is 23.4 Å². The molecular formula is C23H23ClF3N3O. The van der Waals surface area contributed by atoms with Crippen molar-refractivity contribution in [2.24, 2.45) is 0 Å².